The van der Waals surface area contributed by atoms with Gasteiger partial charge in [0.15, 0.2) is 11.7 Å². The molecule has 0 spiro atoms. The Balaban J connectivity index is 1.71. The number of fused-ring (bicyclic) bond motifs is 1. The van der Waals surface area contributed by atoms with Gasteiger partial charge in [0.2, 0.25) is 0 Å². The number of aromatic nitrogens is 2. The highest BCUT2D eigenvalue weighted by Gasteiger charge is 2.48. The highest BCUT2D eigenvalue weighted by atomic mass is 35.5. The van der Waals surface area contributed by atoms with Gasteiger partial charge >= 0.3 is 6.18 Å². The third-order valence-electron chi connectivity index (χ3n) is 5.41. The number of carbonyl (C=O) groups excluding carboxylic acids is 1. The Morgan fingerprint density at radius 3 is 2.48 bits per heavy atom. The van der Waals surface area contributed by atoms with Crippen molar-refractivity contribution in [2.45, 2.75) is 37.5 Å². The molecule has 0 aliphatic carbocycles. The van der Waals surface area contributed by atoms with Gasteiger partial charge in [0.1, 0.15) is 16.6 Å². The number of benzene rings is 1. The van der Waals surface area contributed by atoms with E-state index < -0.39 is 24.2 Å². The Morgan fingerprint density at radius 2 is 1.90 bits per heavy atom. The number of alkyl halides is 3. The van der Waals surface area contributed by atoms with Crippen LogP contribution in [-0.4, -0.2) is 47.0 Å². The SMILES string of the molecule is COc1ccc([C@H]2C[C@H](C(F)(F)F)n3nc(C(=O)N4CCCC4)c(Cl)c3N2)cc1. The minimum Gasteiger partial charge on any atom is -0.497 e. The minimum absolute atomic E-state index is 0.0172. The highest BCUT2D eigenvalue weighted by molar-refractivity contribution is 6.36. The summed E-state index contributed by atoms with van der Waals surface area (Å²) in [7, 11) is 1.52. The van der Waals surface area contributed by atoms with Crippen LogP contribution in [0.5, 0.6) is 5.75 Å². The number of anilines is 1. The molecule has 2 aliphatic rings. The number of ether oxygens (including phenoxy) is 1. The molecule has 2 aromatic rings. The molecule has 2 aliphatic heterocycles. The zero-order valence-corrected chi connectivity index (χ0v) is 16.4. The zero-order chi connectivity index (χ0) is 20.8. The van der Waals surface area contributed by atoms with Gasteiger partial charge in [-0.15, -0.1) is 0 Å². The van der Waals surface area contributed by atoms with Crippen molar-refractivity contribution in [2.24, 2.45) is 0 Å². The minimum atomic E-state index is -4.54. The van der Waals surface area contributed by atoms with Crippen molar-refractivity contribution < 1.29 is 22.7 Å². The van der Waals surface area contributed by atoms with E-state index in [1.807, 2.05) is 0 Å². The molecule has 1 fully saturated rings. The van der Waals surface area contributed by atoms with Crippen molar-refractivity contribution in [3.05, 3.63) is 40.5 Å². The number of methoxy groups -OCH3 is 1. The Morgan fingerprint density at radius 1 is 1.24 bits per heavy atom. The summed E-state index contributed by atoms with van der Waals surface area (Å²) in [6.45, 7) is 1.11. The summed E-state index contributed by atoms with van der Waals surface area (Å²) >= 11 is 6.35. The van der Waals surface area contributed by atoms with Gasteiger partial charge in [0.25, 0.3) is 5.91 Å². The maximum atomic E-state index is 13.8. The van der Waals surface area contributed by atoms with E-state index in [-0.39, 0.29) is 23.0 Å². The first-order valence-corrected chi connectivity index (χ1v) is 9.72. The monoisotopic (exact) mass is 428 g/mol. The van der Waals surface area contributed by atoms with Gasteiger partial charge in [0, 0.05) is 19.5 Å². The van der Waals surface area contributed by atoms with Gasteiger partial charge in [-0.2, -0.15) is 18.3 Å². The zero-order valence-electron chi connectivity index (χ0n) is 15.7. The fourth-order valence-corrected chi connectivity index (χ4v) is 4.11. The van der Waals surface area contributed by atoms with E-state index >= 15 is 0 Å². The quantitative estimate of drug-likeness (QED) is 0.785. The van der Waals surface area contributed by atoms with Crippen LogP contribution in [0.2, 0.25) is 5.02 Å². The molecule has 4 rings (SSSR count). The Hall–Kier alpha value is -2.42. The van der Waals surface area contributed by atoms with E-state index in [9.17, 15) is 18.0 Å². The predicted molar refractivity (Wildman–Crippen MR) is 101 cm³/mol. The summed E-state index contributed by atoms with van der Waals surface area (Å²) in [6.07, 6.45) is -3.08. The topological polar surface area (TPSA) is 59.4 Å². The first-order valence-electron chi connectivity index (χ1n) is 9.34. The van der Waals surface area contributed by atoms with Crippen LogP contribution < -0.4 is 10.1 Å². The molecule has 1 saturated heterocycles. The van der Waals surface area contributed by atoms with Crippen molar-refractivity contribution in [1.29, 1.82) is 0 Å². The maximum absolute atomic E-state index is 13.8. The molecule has 1 N–H and O–H groups in total. The largest absolute Gasteiger partial charge is 0.497 e. The summed E-state index contributed by atoms with van der Waals surface area (Å²) in [5.41, 5.74) is 0.525. The van der Waals surface area contributed by atoms with Crippen molar-refractivity contribution in [2.75, 3.05) is 25.5 Å². The smallest absolute Gasteiger partial charge is 0.410 e. The lowest BCUT2D eigenvalue weighted by Gasteiger charge is -2.33. The lowest BCUT2D eigenvalue weighted by molar-refractivity contribution is -0.173. The van der Waals surface area contributed by atoms with Crippen LogP contribution in [0.1, 0.15) is 47.4 Å². The Labute approximate surface area is 170 Å². The second-order valence-corrected chi connectivity index (χ2v) is 7.60. The molecule has 0 bridgehead atoms. The second kappa shape index (κ2) is 7.44. The van der Waals surface area contributed by atoms with Gasteiger partial charge in [-0.1, -0.05) is 23.7 Å². The van der Waals surface area contributed by atoms with Gasteiger partial charge in [0.05, 0.1) is 13.2 Å². The van der Waals surface area contributed by atoms with Crippen LogP contribution >= 0.6 is 11.6 Å². The molecule has 156 valence electrons. The predicted octanol–water partition coefficient (Wildman–Crippen LogP) is 4.44. The highest BCUT2D eigenvalue weighted by Crippen LogP contribution is 2.46. The van der Waals surface area contributed by atoms with Gasteiger partial charge in [-0.25, -0.2) is 4.68 Å². The molecule has 1 amide bonds. The van der Waals surface area contributed by atoms with Crippen LogP contribution in [0.4, 0.5) is 19.0 Å². The number of nitrogens with zero attached hydrogens (tertiary/aromatic N) is 3. The standard InChI is InChI=1S/C19H20ClF3N4O2/c1-29-12-6-4-11(5-7-12)13-10-14(19(21,22)23)27-17(24-13)15(20)16(25-27)18(28)26-8-2-3-9-26/h4-7,13-14,24H,2-3,8-10H2,1H3/t13-,14-/m1/s1. The molecule has 6 nitrogen and oxygen atoms in total. The molecular weight excluding hydrogens is 409 g/mol. The van der Waals surface area contributed by atoms with E-state index in [2.05, 4.69) is 10.4 Å². The van der Waals surface area contributed by atoms with Crippen molar-refractivity contribution in [3.63, 3.8) is 0 Å². The van der Waals surface area contributed by atoms with Crippen molar-refractivity contribution in [1.82, 2.24) is 14.7 Å². The molecule has 0 saturated carbocycles. The van der Waals surface area contributed by atoms with Gasteiger partial charge in [-0.3, -0.25) is 4.79 Å². The summed E-state index contributed by atoms with van der Waals surface area (Å²) in [6, 6.07) is 4.28. The lowest BCUT2D eigenvalue weighted by Crippen LogP contribution is -2.36. The third kappa shape index (κ3) is 3.63. The normalized spacial score (nSPS) is 21.6. The second-order valence-electron chi connectivity index (χ2n) is 7.22. The van der Waals surface area contributed by atoms with Crippen LogP contribution in [0, 0.1) is 0 Å². The molecule has 0 radical (unpaired) electrons. The van der Waals surface area contributed by atoms with Crippen molar-refractivity contribution in [3.8, 4) is 5.75 Å². The number of hydrogen-bond donors (Lipinski definition) is 1. The summed E-state index contributed by atoms with van der Waals surface area (Å²) < 4.78 is 47.4. The van der Waals surface area contributed by atoms with E-state index in [0.717, 1.165) is 17.5 Å². The molecule has 29 heavy (non-hydrogen) atoms. The molecule has 0 unspecified atom stereocenters. The first kappa shape index (κ1) is 19.9. The summed E-state index contributed by atoms with van der Waals surface area (Å²) in [5, 5.41) is 6.96. The molecule has 1 aromatic heterocycles. The fraction of sp³-hybridized carbons (Fsp3) is 0.474. The number of rotatable bonds is 3. The Kier molecular flexibility index (Phi) is 5.10. The number of carbonyl (C=O) groups is 1. The number of likely N-dealkylation sites (tertiary alicyclic amines) is 1. The van der Waals surface area contributed by atoms with Crippen LogP contribution in [0.3, 0.4) is 0 Å². The van der Waals surface area contributed by atoms with Gasteiger partial charge < -0.3 is 15.0 Å². The first-order chi connectivity index (χ1) is 13.8. The van der Waals surface area contributed by atoms with E-state index in [0.29, 0.717) is 24.4 Å². The van der Waals surface area contributed by atoms with E-state index in [1.165, 1.54) is 7.11 Å². The molecule has 3 heterocycles. The summed E-state index contributed by atoms with van der Waals surface area (Å²) in [5.74, 6) is 0.195. The number of hydrogen-bond acceptors (Lipinski definition) is 4. The fourth-order valence-electron chi connectivity index (χ4n) is 3.85. The van der Waals surface area contributed by atoms with Crippen LogP contribution in [0.25, 0.3) is 0 Å². The molecular formula is C19H20ClF3N4O2. The van der Waals surface area contributed by atoms with Gasteiger partial charge in [-0.05, 0) is 30.5 Å². The van der Waals surface area contributed by atoms with Crippen molar-refractivity contribution >= 4 is 23.3 Å². The molecule has 10 heteroatoms. The third-order valence-corrected chi connectivity index (χ3v) is 5.77. The number of nitrogens with one attached hydrogen (secondary N) is 1. The van der Waals surface area contributed by atoms with Crippen LogP contribution in [-0.2, 0) is 0 Å². The van der Waals surface area contributed by atoms with E-state index in [4.69, 9.17) is 16.3 Å². The van der Waals surface area contributed by atoms with Crippen LogP contribution in [0.15, 0.2) is 24.3 Å². The molecule has 2 atom stereocenters. The maximum Gasteiger partial charge on any atom is 0.410 e. The average Bonchev–Trinajstić information content (AvgIpc) is 3.35. The average molecular weight is 429 g/mol. The lowest BCUT2D eigenvalue weighted by atomic mass is 9.97. The Bertz CT molecular complexity index is 907. The number of halogens is 4. The molecule has 1 aromatic carbocycles. The summed E-state index contributed by atoms with van der Waals surface area (Å²) in [4.78, 5) is 14.3. The van der Waals surface area contributed by atoms with E-state index in [1.54, 1.807) is 29.2 Å². The number of amides is 1.